The Kier molecular flexibility index (Phi) is 6.21. The molecule has 1 N–H and O–H groups in total. The molecule has 9 heteroatoms. The van der Waals surface area contributed by atoms with Crippen LogP contribution in [0.1, 0.15) is 35.9 Å². The van der Waals surface area contributed by atoms with Crippen LogP contribution in [0.3, 0.4) is 0 Å². The first-order valence-corrected chi connectivity index (χ1v) is 12.1. The standard InChI is InChI=1S/C21H28N4O4S/c1-2-30(27,28)24-10-11-25-18(15-24)19(23-20(25)17-6-4-3-5-7-17)21(26)22-14-16-8-12-29-13-9-16/h3-7,16H,2,8-15H2,1H3,(H,22,26). The highest BCUT2D eigenvalue weighted by Gasteiger charge is 2.32. The first-order valence-electron chi connectivity index (χ1n) is 10.5. The number of nitrogens with zero attached hydrogens (tertiary/aromatic N) is 3. The molecule has 0 aliphatic carbocycles. The van der Waals surface area contributed by atoms with Crippen LogP contribution in [0, 0.1) is 5.92 Å². The number of nitrogens with one attached hydrogen (secondary N) is 1. The molecule has 0 saturated carbocycles. The third kappa shape index (κ3) is 4.28. The van der Waals surface area contributed by atoms with E-state index in [-0.39, 0.29) is 18.2 Å². The van der Waals surface area contributed by atoms with Crippen LogP contribution < -0.4 is 5.32 Å². The van der Waals surface area contributed by atoms with Gasteiger partial charge in [0.05, 0.1) is 18.0 Å². The largest absolute Gasteiger partial charge is 0.381 e. The number of fused-ring (bicyclic) bond motifs is 1. The molecule has 0 unspecified atom stereocenters. The van der Waals surface area contributed by atoms with Crippen LogP contribution in [0.5, 0.6) is 0 Å². The smallest absolute Gasteiger partial charge is 0.271 e. The molecule has 1 amide bonds. The number of aromatic nitrogens is 2. The van der Waals surface area contributed by atoms with E-state index in [1.807, 2.05) is 34.9 Å². The zero-order valence-corrected chi connectivity index (χ0v) is 18.0. The van der Waals surface area contributed by atoms with Gasteiger partial charge in [-0.2, -0.15) is 4.31 Å². The SMILES string of the molecule is CCS(=O)(=O)N1CCn2c(-c3ccccc3)nc(C(=O)NCC3CCOCC3)c2C1. The Balaban J connectivity index is 1.64. The third-order valence-electron chi connectivity index (χ3n) is 5.87. The molecule has 1 aromatic heterocycles. The fraction of sp³-hybridized carbons (Fsp3) is 0.524. The van der Waals surface area contributed by atoms with E-state index in [2.05, 4.69) is 10.3 Å². The number of carbonyl (C=O) groups is 1. The van der Waals surface area contributed by atoms with E-state index < -0.39 is 10.0 Å². The van der Waals surface area contributed by atoms with Crippen molar-refractivity contribution < 1.29 is 17.9 Å². The lowest BCUT2D eigenvalue weighted by Gasteiger charge is -2.28. The lowest BCUT2D eigenvalue weighted by atomic mass is 10.0. The Hall–Kier alpha value is -2.23. The van der Waals surface area contributed by atoms with Gasteiger partial charge in [-0.1, -0.05) is 30.3 Å². The van der Waals surface area contributed by atoms with E-state index in [0.717, 1.165) is 31.6 Å². The number of hydrogen-bond donors (Lipinski definition) is 1. The molecule has 0 atom stereocenters. The number of rotatable bonds is 6. The third-order valence-corrected chi connectivity index (χ3v) is 7.70. The number of amides is 1. The van der Waals surface area contributed by atoms with Crippen LogP contribution in [0.25, 0.3) is 11.4 Å². The molecule has 162 valence electrons. The average molecular weight is 433 g/mol. The summed E-state index contributed by atoms with van der Waals surface area (Å²) in [6.07, 6.45) is 1.86. The van der Waals surface area contributed by atoms with Gasteiger partial charge in [0, 0.05) is 38.4 Å². The van der Waals surface area contributed by atoms with E-state index in [0.29, 0.717) is 42.8 Å². The van der Waals surface area contributed by atoms with Crippen molar-refractivity contribution >= 4 is 15.9 Å². The Morgan fingerprint density at radius 3 is 2.63 bits per heavy atom. The highest BCUT2D eigenvalue weighted by molar-refractivity contribution is 7.89. The Morgan fingerprint density at radius 1 is 1.20 bits per heavy atom. The molecular formula is C21H28N4O4S. The van der Waals surface area contributed by atoms with Crippen LogP contribution in [0.15, 0.2) is 30.3 Å². The van der Waals surface area contributed by atoms with Gasteiger partial charge in [0.2, 0.25) is 10.0 Å². The number of sulfonamides is 1. The summed E-state index contributed by atoms with van der Waals surface area (Å²) in [6, 6.07) is 9.70. The van der Waals surface area contributed by atoms with Gasteiger partial charge in [0.15, 0.2) is 5.69 Å². The first kappa shape index (κ1) is 21.0. The second-order valence-electron chi connectivity index (χ2n) is 7.75. The van der Waals surface area contributed by atoms with Gasteiger partial charge in [-0.3, -0.25) is 4.79 Å². The summed E-state index contributed by atoms with van der Waals surface area (Å²) in [7, 11) is -3.34. The molecule has 30 heavy (non-hydrogen) atoms. The van der Waals surface area contributed by atoms with Crippen molar-refractivity contribution in [3.63, 3.8) is 0 Å². The van der Waals surface area contributed by atoms with E-state index in [1.165, 1.54) is 4.31 Å². The molecule has 0 spiro atoms. The van der Waals surface area contributed by atoms with E-state index in [4.69, 9.17) is 4.74 Å². The summed E-state index contributed by atoms with van der Waals surface area (Å²) in [4.78, 5) is 17.7. The quantitative estimate of drug-likeness (QED) is 0.752. The maximum atomic E-state index is 13.0. The van der Waals surface area contributed by atoms with Crippen LogP contribution >= 0.6 is 0 Å². The number of hydrogen-bond acceptors (Lipinski definition) is 5. The zero-order chi connectivity index (χ0) is 21.1. The molecule has 0 radical (unpaired) electrons. The van der Waals surface area contributed by atoms with Crippen LogP contribution in [-0.2, 0) is 27.8 Å². The van der Waals surface area contributed by atoms with Crippen molar-refractivity contribution in [3.05, 3.63) is 41.7 Å². The highest BCUT2D eigenvalue weighted by Crippen LogP contribution is 2.28. The van der Waals surface area contributed by atoms with Gasteiger partial charge < -0.3 is 14.6 Å². The Labute approximate surface area is 177 Å². The van der Waals surface area contributed by atoms with Gasteiger partial charge in [-0.05, 0) is 25.7 Å². The van der Waals surface area contributed by atoms with E-state index in [9.17, 15) is 13.2 Å². The molecule has 2 aromatic rings. The summed E-state index contributed by atoms with van der Waals surface area (Å²) < 4.78 is 33.7. The van der Waals surface area contributed by atoms with E-state index in [1.54, 1.807) is 6.92 Å². The Morgan fingerprint density at radius 2 is 1.93 bits per heavy atom. The maximum Gasteiger partial charge on any atom is 0.271 e. The summed E-state index contributed by atoms with van der Waals surface area (Å²) in [5, 5.41) is 3.01. The molecule has 2 aliphatic heterocycles. The molecule has 0 bridgehead atoms. The van der Waals surface area contributed by atoms with Crippen LogP contribution in [-0.4, -0.2) is 60.2 Å². The minimum atomic E-state index is -3.34. The van der Waals surface area contributed by atoms with Gasteiger partial charge in [-0.15, -0.1) is 0 Å². The summed E-state index contributed by atoms with van der Waals surface area (Å²) in [5.74, 6) is 0.892. The highest BCUT2D eigenvalue weighted by atomic mass is 32.2. The fourth-order valence-electron chi connectivity index (χ4n) is 4.03. The molecule has 3 heterocycles. The predicted molar refractivity (Wildman–Crippen MR) is 113 cm³/mol. The van der Waals surface area contributed by atoms with Crippen molar-refractivity contribution in [1.29, 1.82) is 0 Å². The van der Waals surface area contributed by atoms with Crippen molar-refractivity contribution in [2.75, 3.05) is 32.1 Å². The maximum absolute atomic E-state index is 13.0. The van der Waals surface area contributed by atoms with Crippen LogP contribution in [0.2, 0.25) is 0 Å². The van der Waals surface area contributed by atoms with Gasteiger partial charge in [-0.25, -0.2) is 13.4 Å². The van der Waals surface area contributed by atoms with Crippen molar-refractivity contribution in [2.24, 2.45) is 5.92 Å². The normalized spacial score (nSPS) is 18.2. The molecule has 1 saturated heterocycles. The monoisotopic (exact) mass is 432 g/mol. The molecule has 1 aromatic carbocycles. The number of ether oxygens (including phenoxy) is 1. The number of carbonyl (C=O) groups excluding carboxylic acids is 1. The van der Waals surface area contributed by atoms with E-state index >= 15 is 0 Å². The minimum Gasteiger partial charge on any atom is -0.381 e. The zero-order valence-electron chi connectivity index (χ0n) is 17.2. The van der Waals surface area contributed by atoms with Crippen LogP contribution in [0.4, 0.5) is 0 Å². The summed E-state index contributed by atoms with van der Waals surface area (Å²) >= 11 is 0. The minimum absolute atomic E-state index is 0.0396. The topological polar surface area (TPSA) is 93.5 Å². The molecule has 1 fully saturated rings. The molecule has 2 aliphatic rings. The summed E-state index contributed by atoms with van der Waals surface area (Å²) in [6.45, 7) is 4.67. The van der Waals surface area contributed by atoms with Gasteiger partial charge in [0.25, 0.3) is 5.91 Å². The lowest BCUT2D eigenvalue weighted by molar-refractivity contribution is 0.0642. The van der Waals surface area contributed by atoms with Crippen molar-refractivity contribution in [3.8, 4) is 11.4 Å². The average Bonchev–Trinajstić information content (AvgIpc) is 3.18. The molecule has 4 rings (SSSR count). The second kappa shape index (κ2) is 8.87. The first-order chi connectivity index (χ1) is 14.5. The summed E-state index contributed by atoms with van der Waals surface area (Å²) in [5.41, 5.74) is 1.88. The lowest BCUT2D eigenvalue weighted by Crippen LogP contribution is -2.40. The molecule has 8 nitrogen and oxygen atoms in total. The number of imidazole rings is 1. The molecular weight excluding hydrogens is 404 g/mol. The predicted octanol–water partition coefficient (Wildman–Crippen LogP) is 1.87. The number of benzene rings is 1. The van der Waals surface area contributed by atoms with Crippen molar-refractivity contribution in [1.82, 2.24) is 19.2 Å². The van der Waals surface area contributed by atoms with Gasteiger partial charge in [0.1, 0.15) is 5.82 Å². The Bertz CT molecular complexity index is 998. The second-order valence-corrected chi connectivity index (χ2v) is 10.0. The van der Waals surface area contributed by atoms with Crippen molar-refractivity contribution in [2.45, 2.75) is 32.9 Å². The fourth-order valence-corrected chi connectivity index (χ4v) is 5.07. The van der Waals surface area contributed by atoms with Gasteiger partial charge >= 0.3 is 0 Å².